The van der Waals surface area contributed by atoms with Crippen molar-refractivity contribution in [2.24, 2.45) is 4.99 Å². The highest BCUT2D eigenvalue weighted by atomic mass is 32.2. The van der Waals surface area contributed by atoms with Crippen LogP contribution in [0.25, 0.3) is 0 Å². The number of carbonyl (C=O) groups is 2. The Kier molecular flexibility index (Phi) is 6.66. The van der Waals surface area contributed by atoms with Crippen LogP contribution in [0.2, 0.25) is 0 Å². The number of amides is 2. The van der Waals surface area contributed by atoms with E-state index in [1.165, 1.54) is 11.8 Å². The summed E-state index contributed by atoms with van der Waals surface area (Å²) in [7, 11) is 0. The third kappa shape index (κ3) is 5.26. The summed E-state index contributed by atoms with van der Waals surface area (Å²) in [5.41, 5.74) is 0.681. The van der Waals surface area contributed by atoms with Crippen LogP contribution >= 0.6 is 11.8 Å². The maximum atomic E-state index is 12.1. The minimum atomic E-state index is -0.435. The Morgan fingerprint density at radius 2 is 2.08 bits per heavy atom. The largest absolute Gasteiger partial charge is 0.494 e. The maximum Gasteiger partial charge on any atom is 0.240 e. The lowest BCUT2D eigenvalue weighted by molar-refractivity contribution is -0.122. The van der Waals surface area contributed by atoms with Crippen molar-refractivity contribution in [2.75, 3.05) is 11.9 Å². The molecule has 24 heavy (non-hydrogen) atoms. The molecule has 0 bridgehead atoms. The average molecular weight is 349 g/mol. The van der Waals surface area contributed by atoms with Crippen molar-refractivity contribution >= 4 is 34.4 Å². The number of anilines is 1. The molecule has 1 saturated heterocycles. The summed E-state index contributed by atoms with van der Waals surface area (Å²) >= 11 is 1.32. The molecule has 0 spiro atoms. The van der Waals surface area contributed by atoms with Crippen LogP contribution in [0.15, 0.2) is 29.3 Å². The van der Waals surface area contributed by atoms with Crippen LogP contribution in [0.3, 0.4) is 0 Å². The molecule has 6 nitrogen and oxygen atoms in total. The second-order valence-corrected chi connectivity index (χ2v) is 6.69. The smallest absolute Gasteiger partial charge is 0.240 e. The molecule has 7 heteroatoms. The Labute approximate surface area is 146 Å². The molecule has 130 valence electrons. The summed E-state index contributed by atoms with van der Waals surface area (Å²) in [5, 5.41) is 5.71. The van der Waals surface area contributed by atoms with Gasteiger partial charge in [-0.2, -0.15) is 0 Å². The monoisotopic (exact) mass is 349 g/mol. The fourth-order valence-corrected chi connectivity index (χ4v) is 3.14. The van der Waals surface area contributed by atoms with Crippen molar-refractivity contribution in [1.29, 1.82) is 0 Å². The third-order valence-corrected chi connectivity index (χ3v) is 4.62. The summed E-state index contributed by atoms with van der Waals surface area (Å²) in [4.78, 5) is 28.5. The predicted molar refractivity (Wildman–Crippen MR) is 97.6 cm³/mol. The summed E-state index contributed by atoms with van der Waals surface area (Å²) in [5.74, 6) is 0.396. The topological polar surface area (TPSA) is 79.8 Å². The average Bonchev–Trinajstić information content (AvgIpc) is 2.88. The zero-order valence-electron chi connectivity index (χ0n) is 14.2. The highest BCUT2D eigenvalue weighted by Gasteiger charge is 2.32. The number of rotatable bonds is 7. The molecule has 0 aromatic heterocycles. The molecule has 2 amide bonds. The van der Waals surface area contributed by atoms with Gasteiger partial charge >= 0.3 is 0 Å². The van der Waals surface area contributed by atoms with Crippen LogP contribution in [-0.2, 0) is 9.59 Å². The lowest BCUT2D eigenvalue weighted by atomic mass is 10.2. The number of carbonyl (C=O) groups excluding carboxylic acids is 2. The third-order valence-electron chi connectivity index (χ3n) is 3.52. The molecular weight excluding hydrogens is 326 g/mol. The summed E-state index contributed by atoms with van der Waals surface area (Å²) in [6, 6.07) is 7.31. The Hall–Kier alpha value is -2.02. The molecule has 1 aliphatic rings. The van der Waals surface area contributed by atoms with Crippen LogP contribution in [0.5, 0.6) is 5.75 Å². The van der Waals surface area contributed by atoms with Gasteiger partial charge in [-0.25, -0.2) is 0 Å². The van der Waals surface area contributed by atoms with Crippen LogP contribution in [0.4, 0.5) is 5.69 Å². The Morgan fingerprint density at radius 3 is 2.71 bits per heavy atom. The molecule has 0 radical (unpaired) electrons. The minimum absolute atomic E-state index is 0.114. The predicted octanol–water partition coefficient (Wildman–Crippen LogP) is 2.80. The van der Waals surface area contributed by atoms with E-state index in [-0.39, 0.29) is 24.3 Å². The Morgan fingerprint density at radius 1 is 1.38 bits per heavy atom. The summed E-state index contributed by atoms with van der Waals surface area (Å²) < 4.78 is 5.36. The van der Waals surface area contributed by atoms with Crippen molar-refractivity contribution in [3.63, 3.8) is 0 Å². The molecule has 1 fully saturated rings. The summed E-state index contributed by atoms with van der Waals surface area (Å²) in [6.07, 6.45) is 1.02. The van der Waals surface area contributed by atoms with E-state index < -0.39 is 5.25 Å². The quantitative estimate of drug-likeness (QED) is 0.793. The van der Waals surface area contributed by atoms with Crippen LogP contribution in [-0.4, -0.2) is 34.9 Å². The van der Waals surface area contributed by atoms with E-state index in [0.717, 1.165) is 12.2 Å². The molecule has 2 atom stereocenters. The first-order chi connectivity index (χ1) is 11.5. The van der Waals surface area contributed by atoms with E-state index in [1.54, 1.807) is 24.3 Å². The van der Waals surface area contributed by atoms with E-state index in [9.17, 15) is 9.59 Å². The first kappa shape index (κ1) is 18.3. The Balaban J connectivity index is 1.88. The van der Waals surface area contributed by atoms with Gasteiger partial charge in [-0.3, -0.25) is 14.6 Å². The van der Waals surface area contributed by atoms with Crippen molar-refractivity contribution in [1.82, 2.24) is 5.32 Å². The van der Waals surface area contributed by atoms with Gasteiger partial charge in [0.15, 0.2) is 5.17 Å². The highest BCUT2D eigenvalue weighted by molar-refractivity contribution is 8.15. The number of benzene rings is 1. The molecule has 1 aromatic rings. The van der Waals surface area contributed by atoms with E-state index in [1.807, 2.05) is 20.8 Å². The van der Waals surface area contributed by atoms with E-state index in [2.05, 4.69) is 15.6 Å². The SMILES string of the molecule is CCOc1ccc(NC(=O)C[C@H]2SC(=N[C@H](C)CC)NC2=O)cc1. The number of aliphatic imine (C=N–C) groups is 1. The van der Waals surface area contributed by atoms with Crippen LogP contribution in [0.1, 0.15) is 33.6 Å². The van der Waals surface area contributed by atoms with Crippen LogP contribution < -0.4 is 15.4 Å². The number of nitrogens with zero attached hydrogens (tertiary/aromatic N) is 1. The lowest BCUT2D eigenvalue weighted by Crippen LogP contribution is -2.28. The molecular formula is C17H23N3O3S. The van der Waals surface area contributed by atoms with E-state index in [0.29, 0.717) is 17.5 Å². The molecule has 1 aromatic carbocycles. The van der Waals surface area contributed by atoms with Gasteiger partial charge in [-0.05, 0) is 44.5 Å². The number of amidine groups is 1. The maximum absolute atomic E-state index is 12.1. The molecule has 0 aliphatic carbocycles. The minimum Gasteiger partial charge on any atom is -0.494 e. The van der Waals surface area contributed by atoms with E-state index >= 15 is 0 Å². The van der Waals surface area contributed by atoms with Crippen molar-refractivity contribution in [3.05, 3.63) is 24.3 Å². The number of hydrogen-bond acceptors (Lipinski definition) is 5. The van der Waals surface area contributed by atoms with Crippen LogP contribution in [0, 0.1) is 0 Å². The van der Waals surface area contributed by atoms with Gasteiger partial charge in [0, 0.05) is 18.2 Å². The number of nitrogens with one attached hydrogen (secondary N) is 2. The molecule has 2 N–H and O–H groups in total. The second kappa shape index (κ2) is 8.73. The van der Waals surface area contributed by atoms with Crippen molar-refractivity contribution < 1.29 is 14.3 Å². The molecule has 2 rings (SSSR count). The summed E-state index contributed by atoms with van der Waals surface area (Å²) in [6.45, 7) is 6.54. The highest BCUT2D eigenvalue weighted by Crippen LogP contribution is 2.24. The normalized spacial score (nSPS) is 19.9. The fraction of sp³-hybridized carbons (Fsp3) is 0.471. The first-order valence-corrected chi connectivity index (χ1v) is 8.97. The number of ether oxygens (including phenoxy) is 1. The van der Waals surface area contributed by atoms with E-state index in [4.69, 9.17) is 4.74 Å². The number of hydrogen-bond donors (Lipinski definition) is 2. The zero-order chi connectivity index (χ0) is 17.5. The van der Waals surface area contributed by atoms with Gasteiger partial charge in [0.25, 0.3) is 0 Å². The molecule has 0 unspecified atom stereocenters. The van der Waals surface area contributed by atoms with Gasteiger partial charge in [0.1, 0.15) is 11.0 Å². The molecule has 0 saturated carbocycles. The first-order valence-electron chi connectivity index (χ1n) is 8.09. The van der Waals surface area contributed by atoms with Crippen molar-refractivity contribution in [3.8, 4) is 5.75 Å². The van der Waals surface area contributed by atoms with Gasteiger partial charge in [-0.1, -0.05) is 18.7 Å². The lowest BCUT2D eigenvalue weighted by Gasteiger charge is -2.08. The van der Waals surface area contributed by atoms with Gasteiger partial charge < -0.3 is 15.4 Å². The Bertz CT molecular complexity index is 616. The standard InChI is InChI=1S/C17H23N3O3S/c1-4-11(3)18-17-20-16(22)14(24-17)10-15(21)19-12-6-8-13(9-7-12)23-5-2/h6-9,11,14H,4-5,10H2,1-3H3,(H,19,21)(H,18,20,22)/t11-,14-/m1/s1. The fourth-order valence-electron chi connectivity index (χ4n) is 2.07. The molecule has 1 heterocycles. The van der Waals surface area contributed by atoms with Gasteiger partial charge in [0.05, 0.1) is 6.61 Å². The number of thioether (sulfide) groups is 1. The van der Waals surface area contributed by atoms with Crippen molar-refractivity contribution in [2.45, 2.75) is 44.9 Å². The zero-order valence-corrected chi connectivity index (χ0v) is 15.0. The second-order valence-electron chi connectivity index (χ2n) is 5.50. The van der Waals surface area contributed by atoms with Gasteiger partial charge in [-0.15, -0.1) is 0 Å². The molecule has 1 aliphatic heterocycles. The van der Waals surface area contributed by atoms with Gasteiger partial charge in [0.2, 0.25) is 11.8 Å².